The Balaban J connectivity index is 1.75. The summed E-state index contributed by atoms with van der Waals surface area (Å²) in [6, 6.07) is 15.5. The topological polar surface area (TPSA) is 71.3 Å². The summed E-state index contributed by atoms with van der Waals surface area (Å²) in [6.45, 7) is 2.79. The van der Waals surface area contributed by atoms with Crippen molar-refractivity contribution >= 4 is 27.9 Å². The van der Waals surface area contributed by atoms with Gasteiger partial charge in [-0.05, 0) is 61.2 Å². The van der Waals surface area contributed by atoms with Gasteiger partial charge in [0, 0.05) is 10.5 Å². The standard InChI is InChI=1S/C22H21BrN2O3/c1-2-27-21-12-16(11-17(13-24)22(26)25-19-8-9-19)5-10-20(21)28-14-15-3-6-18(23)7-4-15/h3-7,10-12,19H,2,8-9,14H2,1H3,(H,25,26)/b17-11+. The molecule has 0 heterocycles. The summed E-state index contributed by atoms with van der Waals surface area (Å²) in [5.41, 5.74) is 1.83. The highest BCUT2D eigenvalue weighted by molar-refractivity contribution is 9.10. The summed E-state index contributed by atoms with van der Waals surface area (Å²) in [4.78, 5) is 12.1. The van der Waals surface area contributed by atoms with Crippen molar-refractivity contribution in [2.24, 2.45) is 0 Å². The number of halogens is 1. The Hall–Kier alpha value is -2.78. The first-order valence-electron chi connectivity index (χ1n) is 9.15. The van der Waals surface area contributed by atoms with E-state index < -0.39 is 0 Å². The third-order valence-corrected chi connectivity index (χ3v) is 4.69. The molecule has 0 spiro atoms. The first kappa shape index (κ1) is 20.0. The second kappa shape index (κ2) is 9.43. The summed E-state index contributed by atoms with van der Waals surface area (Å²) in [7, 11) is 0. The van der Waals surface area contributed by atoms with Gasteiger partial charge < -0.3 is 14.8 Å². The van der Waals surface area contributed by atoms with Crippen LogP contribution < -0.4 is 14.8 Å². The predicted octanol–water partition coefficient (Wildman–Crippen LogP) is 4.61. The Kier molecular flexibility index (Phi) is 6.72. The average molecular weight is 441 g/mol. The second-order valence-corrected chi connectivity index (χ2v) is 7.39. The number of nitriles is 1. The number of hydrogen-bond donors (Lipinski definition) is 1. The third-order valence-electron chi connectivity index (χ3n) is 4.16. The molecule has 144 valence electrons. The van der Waals surface area contributed by atoms with Crippen molar-refractivity contribution in [3.05, 3.63) is 63.6 Å². The molecule has 0 saturated heterocycles. The molecule has 0 radical (unpaired) electrons. The van der Waals surface area contributed by atoms with Crippen LogP contribution in [0.5, 0.6) is 11.5 Å². The number of benzene rings is 2. The first-order valence-corrected chi connectivity index (χ1v) is 9.95. The molecule has 28 heavy (non-hydrogen) atoms. The van der Waals surface area contributed by atoms with Gasteiger partial charge in [-0.15, -0.1) is 0 Å². The Morgan fingerprint density at radius 3 is 2.61 bits per heavy atom. The van der Waals surface area contributed by atoms with E-state index in [0.717, 1.165) is 22.9 Å². The Morgan fingerprint density at radius 1 is 1.21 bits per heavy atom. The number of ether oxygens (including phenoxy) is 2. The molecular weight excluding hydrogens is 420 g/mol. The molecule has 2 aromatic carbocycles. The van der Waals surface area contributed by atoms with E-state index in [2.05, 4.69) is 21.2 Å². The summed E-state index contributed by atoms with van der Waals surface area (Å²) in [5.74, 6) is 0.856. The highest BCUT2D eigenvalue weighted by Crippen LogP contribution is 2.30. The SMILES string of the molecule is CCOc1cc(/C=C(\C#N)C(=O)NC2CC2)ccc1OCc1ccc(Br)cc1. The first-order chi connectivity index (χ1) is 13.6. The van der Waals surface area contributed by atoms with E-state index in [1.54, 1.807) is 24.3 Å². The molecule has 6 heteroatoms. The Morgan fingerprint density at radius 2 is 1.96 bits per heavy atom. The zero-order chi connectivity index (χ0) is 19.9. The number of nitrogens with zero attached hydrogens (tertiary/aromatic N) is 1. The van der Waals surface area contributed by atoms with E-state index in [1.807, 2.05) is 37.3 Å². The van der Waals surface area contributed by atoms with Crippen LogP contribution in [0.1, 0.15) is 30.9 Å². The van der Waals surface area contributed by atoms with Gasteiger partial charge in [0.05, 0.1) is 6.61 Å². The fraction of sp³-hybridized carbons (Fsp3) is 0.273. The number of hydrogen-bond acceptors (Lipinski definition) is 4. The van der Waals surface area contributed by atoms with Gasteiger partial charge >= 0.3 is 0 Å². The normalized spacial score (nSPS) is 13.5. The minimum absolute atomic E-state index is 0.0814. The largest absolute Gasteiger partial charge is 0.490 e. The lowest BCUT2D eigenvalue weighted by molar-refractivity contribution is -0.117. The molecule has 5 nitrogen and oxygen atoms in total. The van der Waals surface area contributed by atoms with Crippen molar-refractivity contribution < 1.29 is 14.3 Å². The van der Waals surface area contributed by atoms with Crippen molar-refractivity contribution in [1.82, 2.24) is 5.32 Å². The predicted molar refractivity (Wildman–Crippen MR) is 111 cm³/mol. The van der Waals surface area contributed by atoms with E-state index in [1.165, 1.54) is 0 Å². The van der Waals surface area contributed by atoms with Crippen LogP contribution in [-0.2, 0) is 11.4 Å². The number of carbonyl (C=O) groups excluding carboxylic acids is 1. The second-order valence-electron chi connectivity index (χ2n) is 6.47. The molecule has 0 aromatic heterocycles. The summed E-state index contributed by atoms with van der Waals surface area (Å²) < 4.78 is 12.6. The van der Waals surface area contributed by atoms with Crippen LogP contribution in [0.25, 0.3) is 6.08 Å². The summed E-state index contributed by atoms with van der Waals surface area (Å²) >= 11 is 3.42. The average Bonchev–Trinajstić information content (AvgIpc) is 3.51. The van der Waals surface area contributed by atoms with Gasteiger partial charge in [0.25, 0.3) is 5.91 Å². The molecule has 1 N–H and O–H groups in total. The highest BCUT2D eigenvalue weighted by Gasteiger charge is 2.24. The highest BCUT2D eigenvalue weighted by atomic mass is 79.9. The number of rotatable bonds is 8. The molecule has 1 fully saturated rings. The van der Waals surface area contributed by atoms with Gasteiger partial charge in [0.1, 0.15) is 18.2 Å². The fourth-order valence-corrected chi connectivity index (χ4v) is 2.81. The number of carbonyl (C=O) groups is 1. The van der Waals surface area contributed by atoms with Crippen molar-refractivity contribution in [3.63, 3.8) is 0 Å². The summed E-state index contributed by atoms with van der Waals surface area (Å²) in [5, 5.41) is 12.1. The lowest BCUT2D eigenvalue weighted by atomic mass is 10.1. The van der Waals surface area contributed by atoms with E-state index in [0.29, 0.717) is 30.3 Å². The van der Waals surface area contributed by atoms with Gasteiger partial charge in [-0.2, -0.15) is 5.26 Å². The maximum atomic E-state index is 12.1. The van der Waals surface area contributed by atoms with E-state index in [4.69, 9.17) is 9.47 Å². The van der Waals surface area contributed by atoms with E-state index >= 15 is 0 Å². The Bertz CT molecular complexity index is 912. The molecule has 1 aliphatic carbocycles. The van der Waals surface area contributed by atoms with Crippen molar-refractivity contribution in [3.8, 4) is 17.6 Å². The number of nitrogens with one attached hydrogen (secondary N) is 1. The zero-order valence-electron chi connectivity index (χ0n) is 15.6. The monoisotopic (exact) mass is 440 g/mol. The van der Waals surface area contributed by atoms with Gasteiger partial charge in [0.15, 0.2) is 11.5 Å². The summed E-state index contributed by atoms with van der Waals surface area (Å²) in [6.07, 6.45) is 3.52. The van der Waals surface area contributed by atoms with Crippen molar-refractivity contribution in [2.75, 3.05) is 6.61 Å². The van der Waals surface area contributed by atoms with E-state index in [-0.39, 0.29) is 17.5 Å². The van der Waals surface area contributed by atoms with Gasteiger partial charge in [-0.1, -0.05) is 34.1 Å². The van der Waals surface area contributed by atoms with E-state index in [9.17, 15) is 10.1 Å². The van der Waals surface area contributed by atoms with Crippen LogP contribution in [0.4, 0.5) is 0 Å². The molecule has 0 atom stereocenters. The lowest BCUT2D eigenvalue weighted by Crippen LogP contribution is -2.26. The maximum absolute atomic E-state index is 12.1. The van der Waals surface area contributed by atoms with Gasteiger partial charge in [-0.25, -0.2) is 0 Å². The molecule has 0 bridgehead atoms. The van der Waals surface area contributed by atoms with Gasteiger partial charge in [0.2, 0.25) is 0 Å². The van der Waals surface area contributed by atoms with Crippen molar-refractivity contribution in [1.29, 1.82) is 5.26 Å². The van der Waals surface area contributed by atoms with Crippen LogP contribution in [0.15, 0.2) is 52.5 Å². The lowest BCUT2D eigenvalue weighted by Gasteiger charge is -2.13. The van der Waals surface area contributed by atoms with Crippen LogP contribution in [0.2, 0.25) is 0 Å². The van der Waals surface area contributed by atoms with Crippen LogP contribution in [0.3, 0.4) is 0 Å². The van der Waals surface area contributed by atoms with Crippen LogP contribution >= 0.6 is 15.9 Å². The maximum Gasteiger partial charge on any atom is 0.262 e. The third kappa shape index (κ3) is 5.61. The molecule has 2 aromatic rings. The molecule has 1 saturated carbocycles. The van der Waals surface area contributed by atoms with Crippen LogP contribution in [-0.4, -0.2) is 18.6 Å². The quantitative estimate of drug-likeness (QED) is 0.480. The zero-order valence-corrected chi connectivity index (χ0v) is 17.2. The minimum Gasteiger partial charge on any atom is -0.490 e. The molecular formula is C22H21BrN2O3. The molecule has 1 aliphatic rings. The number of amides is 1. The minimum atomic E-state index is -0.335. The molecule has 0 aliphatic heterocycles. The smallest absolute Gasteiger partial charge is 0.262 e. The van der Waals surface area contributed by atoms with Crippen LogP contribution in [0, 0.1) is 11.3 Å². The van der Waals surface area contributed by atoms with Gasteiger partial charge in [-0.3, -0.25) is 4.79 Å². The van der Waals surface area contributed by atoms with Crippen molar-refractivity contribution in [2.45, 2.75) is 32.4 Å². The molecule has 0 unspecified atom stereocenters. The molecule has 1 amide bonds. The molecule has 3 rings (SSSR count). The Labute approximate surface area is 173 Å². The fourth-order valence-electron chi connectivity index (χ4n) is 2.55.